The number of aliphatic hydroxyl groups is 1. The number of aliphatic hydroxyl groups excluding tert-OH is 1. The average Bonchev–Trinajstić information content (AvgIpc) is 2.83. The third-order valence-electron chi connectivity index (χ3n) is 3.88. The molecule has 6 heteroatoms. The second-order valence-corrected chi connectivity index (χ2v) is 5.65. The van der Waals surface area contributed by atoms with Gasteiger partial charge in [-0.3, -0.25) is 4.79 Å². The molecule has 1 aliphatic heterocycles. The molecule has 0 radical (unpaired) electrons. The molecular weight excluding hydrogens is 282 g/mol. The Balaban J connectivity index is 1.93. The van der Waals surface area contributed by atoms with Crippen LogP contribution >= 0.6 is 0 Å². The molecule has 0 aliphatic carbocycles. The quantitative estimate of drug-likeness (QED) is 0.712. The van der Waals surface area contributed by atoms with Gasteiger partial charge in [-0.05, 0) is 43.5 Å². The van der Waals surface area contributed by atoms with E-state index in [2.05, 4.69) is 10.6 Å². The largest absolute Gasteiger partial charge is 0.396 e. The standard InChI is InChI=1S/C16H23N3O3/c1-11-4-5-14(8-12(11)2)19-10-13(9-15(19)21)18-16(22)17-6-3-7-20/h4-5,8,13,20H,3,6-7,9-10H2,1-2H3,(H2,17,18,22). The van der Waals surface area contributed by atoms with Crippen molar-refractivity contribution in [2.45, 2.75) is 32.7 Å². The molecule has 1 heterocycles. The van der Waals surface area contributed by atoms with E-state index in [1.54, 1.807) is 4.90 Å². The second-order valence-electron chi connectivity index (χ2n) is 5.65. The number of urea groups is 1. The Labute approximate surface area is 130 Å². The summed E-state index contributed by atoms with van der Waals surface area (Å²) >= 11 is 0. The molecule has 0 saturated carbocycles. The van der Waals surface area contributed by atoms with Crippen molar-refractivity contribution >= 4 is 17.6 Å². The van der Waals surface area contributed by atoms with Crippen molar-refractivity contribution in [2.24, 2.45) is 0 Å². The predicted molar refractivity (Wildman–Crippen MR) is 84.9 cm³/mol. The molecule has 1 unspecified atom stereocenters. The Bertz CT molecular complexity index is 560. The first-order valence-corrected chi connectivity index (χ1v) is 7.54. The van der Waals surface area contributed by atoms with Crippen LogP contribution in [0, 0.1) is 13.8 Å². The predicted octanol–water partition coefficient (Wildman–Crippen LogP) is 1.09. The first-order chi connectivity index (χ1) is 10.5. The van der Waals surface area contributed by atoms with Crippen LogP contribution in [0.5, 0.6) is 0 Å². The lowest BCUT2D eigenvalue weighted by Crippen LogP contribution is -2.43. The molecule has 6 nitrogen and oxygen atoms in total. The number of hydrogen-bond acceptors (Lipinski definition) is 3. The van der Waals surface area contributed by atoms with Gasteiger partial charge in [-0.25, -0.2) is 4.79 Å². The highest BCUT2D eigenvalue weighted by Crippen LogP contribution is 2.23. The van der Waals surface area contributed by atoms with E-state index in [0.29, 0.717) is 25.9 Å². The van der Waals surface area contributed by atoms with Crippen LogP contribution in [0.2, 0.25) is 0 Å². The highest BCUT2D eigenvalue weighted by molar-refractivity contribution is 5.96. The number of anilines is 1. The van der Waals surface area contributed by atoms with Gasteiger partial charge in [-0.2, -0.15) is 0 Å². The Morgan fingerprint density at radius 1 is 1.36 bits per heavy atom. The Morgan fingerprint density at radius 3 is 2.82 bits per heavy atom. The van der Waals surface area contributed by atoms with E-state index in [9.17, 15) is 9.59 Å². The molecule has 1 aliphatic rings. The maximum absolute atomic E-state index is 12.1. The van der Waals surface area contributed by atoms with Crippen LogP contribution in [0.15, 0.2) is 18.2 Å². The highest BCUT2D eigenvalue weighted by atomic mass is 16.3. The van der Waals surface area contributed by atoms with E-state index in [0.717, 1.165) is 11.3 Å². The van der Waals surface area contributed by atoms with Crippen molar-refractivity contribution in [3.63, 3.8) is 0 Å². The van der Waals surface area contributed by atoms with Crippen LogP contribution < -0.4 is 15.5 Å². The fraction of sp³-hybridized carbons (Fsp3) is 0.500. The van der Waals surface area contributed by atoms with Crippen LogP contribution in [0.4, 0.5) is 10.5 Å². The molecule has 1 saturated heterocycles. The van der Waals surface area contributed by atoms with E-state index in [4.69, 9.17) is 5.11 Å². The van der Waals surface area contributed by atoms with Crippen molar-refractivity contribution < 1.29 is 14.7 Å². The van der Waals surface area contributed by atoms with Crippen molar-refractivity contribution in [3.05, 3.63) is 29.3 Å². The molecular formula is C16H23N3O3. The Morgan fingerprint density at radius 2 is 2.14 bits per heavy atom. The third kappa shape index (κ3) is 3.98. The molecule has 2 rings (SSSR count). The van der Waals surface area contributed by atoms with Gasteiger partial charge in [0, 0.05) is 31.8 Å². The summed E-state index contributed by atoms with van der Waals surface area (Å²) < 4.78 is 0. The van der Waals surface area contributed by atoms with Crippen molar-refractivity contribution in [1.82, 2.24) is 10.6 Å². The second kappa shape index (κ2) is 7.26. The lowest BCUT2D eigenvalue weighted by Gasteiger charge is -2.18. The van der Waals surface area contributed by atoms with E-state index in [-0.39, 0.29) is 24.6 Å². The summed E-state index contributed by atoms with van der Waals surface area (Å²) in [6.45, 7) is 5.00. The van der Waals surface area contributed by atoms with Gasteiger partial charge in [0.25, 0.3) is 0 Å². The van der Waals surface area contributed by atoms with Gasteiger partial charge < -0.3 is 20.6 Å². The number of amides is 3. The van der Waals surface area contributed by atoms with Gasteiger partial charge in [0.2, 0.25) is 5.91 Å². The third-order valence-corrected chi connectivity index (χ3v) is 3.88. The summed E-state index contributed by atoms with van der Waals surface area (Å²) in [5, 5.41) is 14.1. The van der Waals surface area contributed by atoms with Crippen LogP contribution in [0.25, 0.3) is 0 Å². The normalized spacial score (nSPS) is 17.7. The summed E-state index contributed by atoms with van der Waals surface area (Å²) in [7, 11) is 0. The lowest BCUT2D eigenvalue weighted by atomic mass is 10.1. The van der Waals surface area contributed by atoms with Crippen molar-refractivity contribution in [2.75, 3.05) is 24.6 Å². The molecule has 1 aromatic carbocycles. The molecule has 0 bridgehead atoms. The maximum Gasteiger partial charge on any atom is 0.315 e. The number of benzene rings is 1. The SMILES string of the molecule is Cc1ccc(N2CC(NC(=O)NCCCO)CC2=O)cc1C. The van der Waals surface area contributed by atoms with Crippen LogP contribution in [0.3, 0.4) is 0 Å². The van der Waals surface area contributed by atoms with E-state index in [1.165, 1.54) is 5.56 Å². The summed E-state index contributed by atoms with van der Waals surface area (Å²) in [5.74, 6) is 0.0175. The minimum atomic E-state index is -0.298. The number of carbonyl (C=O) groups is 2. The van der Waals surface area contributed by atoms with Crippen molar-refractivity contribution in [3.8, 4) is 0 Å². The summed E-state index contributed by atoms with van der Waals surface area (Å²) in [5.41, 5.74) is 3.20. The zero-order valence-corrected chi connectivity index (χ0v) is 13.1. The first kappa shape index (κ1) is 16.3. The molecule has 1 atom stereocenters. The van der Waals surface area contributed by atoms with Crippen LogP contribution in [-0.2, 0) is 4.79 Å². The van der Waals surface area contributed by atoms with Gasteiger partial charge in [-0.1, -0.05) is 6.07 Å². The molecule has 1 fully saturated rings. The van der Waals surface area contributed by atoms with Gasteiger partial charge in [0.05, 0.1) is 6.04 Å². The van der Waals surface area contributed by atoms with Gasteiger partial charge >= 0.3 is 6.03 Å². The number of hydrogen-bond donors (Lipinski definition) is 3. The van der Waals surface area contributed by atoms with E-state index in [1.807, 2.05) is 32.0 Å². The molecule has 0 aromatic heterocycles. The number of carbonyl (C=O) groups excluding carboxylic acids is 2. The molecule has 0 spiro atoms. The number of aryl methyl sites for hydroxylation is 2. The van der Waals surface area contributed by atoms with Gasteiger partial charge in [-0.15, -0.1) is 0 Å². The van der Waals surface area contributed by atoms with Crippen molar-refractivity contribution in [1.29, 1.82) is 0 Å². The monoisotopic (exact) mass is 305 g/mol. The Hall–Kier alpha value is -2.08. The number of nitrogens with zero attached hydrogens (tertiary/aromatic N) is 1. The number of nitrogens with one attached hydrogen (secondary N) is 2. The molecule has 120 valence electrons. The fourth-order valence-corrected chi connectivity index (χ4v) is 2.46. The molecule has 3 amide bonds. The summed E-state index contributed by atoms with van der Waals surface area (Å²) in [6.07, 6.45) is 0.826. The minimum Gasteiger partial charge on any atom is -0.396 e. The van der Waals surface area contributed by atoms with E-state index < -0.39 is 0 Å². The smallest absolute Gasteiger partial charge is 0.315 e. The topological polar surface area (TPSA) is 81.7 Å². The fourth-order valence-electron chi connectivity index (χ4n) is 2.46. The zero-order valence-electron chi connectivity index (χ0n) is 13.1. The molecule has 3 N–H and O–H groups in total. The average molecular weight is 305 g/mol. The van der Waals surface area contributed by atoms with E-state index >= 15 is 0 Å². The Kier molecular flexibility index (Phi) is 5.38. The van der Waals surface area contributed by atoms with Crippen LogP contribution in [0.1, 0.15) is 24.0 Å². The zero-order chi connectivity index (χ0) is 16.1. The first-order valence-electron chi connectivity index (χ1n) is 7.54. The maximum atomic E-state index is 12.1. The molecule has 22 heavy (non-hydrogen) atoms. The lowest BCUT2D eigenvalue weighted by molar-refractivity contribution is -0.117. The number of rotatable bonds is 5. The summed E-state index contributed by atoms with van der Waals surface area (Å²) in [4.78, 5) is 25.5. The highest BCUT2D eigenvalue weighted by Gasteiger charge is 2.31. The summed E-state index contributed by atoms with van der Waals surface area (Å²) in [6, 6.07) is 5.44. The minimum absolute atomic E-state index is 0.0175. The molecule has 1 aromatic rings. The van der Waals surface area contributed by atoms with Crippen LogP contribution in [-0.4, -0.2) is 42.8 Å². The van der Waals surface area contributed by atoms with Gasteiger partial charge in [0.1, 0.15) is 0 Å². The van der Waals surface area contributed by atoms with Gasteiger partial charge in [0.15, 0.2) is 0 Å².